The van der Waals surface area contributed by atoms with E-state index in [0.717, 1.165) is 17.0 Å². The molecule has 5 heteroatoms. The number of aromatic nitrogens is 2. The average molecular weight is 357 g/mol. The third-order valence-electron chi connectivity index (χ3n) is 3.60. The molecule has 1 aromatic heterocycles. The van der Waals surface area contributed by atoms with Crippen molar-refractivity contribution < 1.29 is 0 Å². The van der Waals surface area contributed by atoms with Crippen LogP contribution in [0.5, 0.6) is 0 Å². The summed E-state index contributed by atoms with van der Waals surface area (Å²) in [6, 6.07) is 19.3. The molecule has 0 bridgehead atoms. The van der Waals surface area contributed by atoms with Crippen LogP contribution in [0, 0.1) is 6.92 Å². The monoisotopic (exact) mass is 356 g/mol. The Morgan fingerprint density at radius 1 is 1.08 bits per heavy atom. The zero-order chi connectivity index (χ0) is 16.9. The fraction of sp³-hybridized carbons (Fsp3) is 0.158. The topological polar surface area (TPSA) is 34.9 Å². The highest BCUT2D eigenvalue weighted by molar-refractivity contribution is 7.98. The molecule has 0 radical (unpaired) electrons. The van der Waals surface area contributed by atoms with E-state index in [1.165, 1.54) is 5.56 Å². The molecule has 0 spiro atoms. The van der Waals surface area contributed by atoms with E-state index >= 15 is 0 Å². The molecule has 3 aromatic rings. The molecule has 24 heavy (non-hydrogen) atoms. The lowest BCUT2D eigenvalue weighted by Gasteiger charge is -2.13. The van der Waals surface area contributed by atoms with Gasteiger partial charge in [-0.25, -0.2) is 4.98 Å². The number of nitrogens with zero attached hydrogens (tertiary/aromatic N) is 2. The van der Waals surface area contributed by atoms with Gasteiger partial charge in [0.2, 0.25) is 0 Å². The van der Waals surface area contributed by atoms with Gasteiger partial charge < -0.3 is 0 Å². The van der Waals surface area contributed by atoms with Gasteiger partial charge in [-0.05, 0) is 24.1 Å². The molecule has 0 saturated heterocycles. The van der Waals surface area contributed by atoms with Crippen molar-refractivity contribution in [1.82, 2.24) is 9.55 Å². The summed E-state index contributed by atoms with van der Waals surface area (Å²) in [6.07, 6.45) is 0. The molecule has 0 saturated carbocycles. The molecule has 0 aliphatic carbocycles. The van der Waals surface area contributed by atoms with Crippen LogP contribution >= 0.6 is 23.4 Å². The van der Waals surface area contributed by atoms with Crippen LogP contribution in [0.1, 0.15) is 16.8 Å². The first-order valence-corrected chi connectivity index (χ1v) is 8.98. The summed E-state index contributed by atoms with van der Waals surface area (Å²) in [7, 11) is 0. The van der Waals surface area contributed by atoms with E-state index in [-0.39, 0.29) is 5.56 Å². The summed E-state index contributed by atoms with van der Waals surface area (Å²) in [6.45, 7) is 2.26. The maximum Gasteiger partial charge on any atom is 0.254 e. The standard InChI is InChI=1S/C19H17ClN2OS/c1-14-11-18(23)22(12-16-9-5-6-10-17(16)20)19(21-14)24-13-15-7-3-2-4-8-15/h2-11H,12-13H2,1H3. The van der Waals surface area contributed by atoms with Crippen molar-refractivity contribution in [2.75, 3.05) is 0 Å². The molecule has 0 aliphatic rings. The van der Waals surface area contributed by atoms with Crippen molar-refractivity contribution in [3.8, 4) is 0 Å². The van der Waals surface area contributed by atoms with Crippen LogP contribution in [0.15, 0.2) is 70.6 Å². The van der Waals surface area contributed by atoms with Crippen molar-refractivity contribution in [2.45, 2.75) is 24.4 Å². The van der Waals surface area contributed by atoms with E-state index in [4.69, 9.17) is 11.6 Å². The van der Waals surface area contributed by atoms with Gasteiger partial charge >= 0.3 is 0 Å². The molecular weight excluding hydrogens is 340 g/mol. The van der Waals surface area contributed by atoms with Crippen LogP contribution in [0.25, 0.3) is 0 Å². The van der Waals surface area contributed by atoms with Gasteiger partial charge in [-0.15, -0.1) is 0 Å². The third-order valence-corrected chi connectivity index (χ3v) is 5.01. The van der Waals surface area contributed by atoms with E-state index in [1.807, 2.05) is 49.4 Å². The second kappa shape index (κ2) is 7.69. The Hall–Kier alpha value is -2.04. The van der Waals surface area contributed by atoms with E-state index in [1.54, 1.807) is 22.4 Å². The Bertz CT molecular complexity index is 893. The SMILES string of the molecule is Cc1cc(=O)n(Cc2ccccc2Cl)c(SCc2ccccc2)n1. The predicted octanol–water partition coefficient (Wildman–Crippen LogP) is 4.55. The van der Waals surface area contributed by atoms with E-state index in [0.29, 0.717) is 16.7 Å². The Kier molecular flexibility index (Phi) is 5.38. The molecule has 3 nitrogen and oxygen atoms in total. The van der Waals surface area contributed by atoms with Crippen molar-refractivity contribution in [3.63, 3.8) is 0 Å². The van der Waals surface area contributed by atoms with Crippen LogP contribution in [0.4, 0.5) is 0 Å². The molecule has 0 fully saturated rings. The fourth-order valence-electron chi connectivity index (χ4n) is 2.37. The highest BCUT2D eigenvalue weighted by atomic mass is 35.5. The Morgan fingerprint density at radius 3 is 2.54 bits per heavy atom. The molecular formula is C19H17ClN2OS. The molecule has 0 N–H and O–H groups in total. The smallest absolute Gasteiger partial charge is 0.254 e. The maximum atomic E-state index is 12.5. The number of benzene rings is 2. The van der Waals surface area contributed by atoms with E-state index < -0.39 is 0 Å². The van der Waals surface area contributed by atoms with Crippen molar-refractivity contribution in [2.24, 2.45) is 0 Å². The van der Waals surface area contributed by atoms with Crippen LogP contribution in [0.3, 0.4) is 0 Å². The van der Waals surface area contributed by atoms with Crippen LogP contribution in [-0.2, 0) is 12.3 Å². The number of aryl methyl sites for hydroxylation is 1. The predicted molar refractivity (Wildman–Crippen MR) is 99.8 cm³/mol. The molecule has 0 aliphatic heterocycles. The summed E-state index contributed by atoms with van der Waals surface area (Å²) in [5.41, 5.74) is 2.78. The van der Waals surface area contributed by atoms with Gasteiger partial charge in [-0.2, -0.15) is 0 Å². The first-order chi connectivity index (χ1) is 11.6. The lowest BCUT2D eigenvalue weighted by Crippen LogP contribution is -2.23. The number of thioether (sulfide) groups is 1. The van der Waals surface area contributed by atoms with Gasteiger partial charge in [0.05, 0.1) is 6.54 Å². The first kappa shape index (κ1) is 16.8. The quantitative estimate of drug-likeness (QED) is 0.497. The van der Waals surface area contributed by atoms with Gasteiger partial charge in [0, 0.05) is 22.5 Å². The van der Waals surface area contributed by atoms with Gasteiger partial charge in [0.15, 0.2) is 5.16 Å². The minimum absolute atomic E-state index is 0.0574. The van der Waals surface area contributed by atoms with Crippen molar-refractivity contribution >= 4 is 23.4 Å². The van der Waals surface area contributed by atoms with E-state index in [2.05, 4.69) is 17.1 Å². The summed E-state index contributed by atoms with van der Waals surface area (Å²) in [5.74, 6) is 0.763. The number of halogens is 1. The molecule has 1 heterocycles. The first-order valence-electron chi connectivity index (χ1n) is 7.62. The summed E-state index contributed by atoms with van der Waals surface area (Å²) < 4.78 is 1.68. The molecule has 0 atom stereocenters. The fourth-order valence-corrected chi connectivity index (χ4v) is 3.57. The zero-order valence-electron chi connectivity index (χ0n) is 13.3. The van der Waals surface area contributed by atoms with Gasteiger partial charge in [-0.3, -0.25) is 9.36 Å². The number of hydrogen-bond acceptors (Lipinski definition) is 3. The second-order valence-electron chi connectivity index (χ2n) is 5.47. The molecule has 122 valence electrons. The molecule has 0 unspecified atom stereocenters. The van der Waals surface area contributed by atoms with Crippen molar-refractivity contribution in [1.29, 1.82) is 0 Å². The van der Waals surface area contributed by atoms with Crippen LogP contribution < -0.4 is 5.56 Å². The molecule has 3 rings (SSSR count). The third kappa shape index (κ3) is 4.08. The average Bonchev–Trinajstić information content (AvgIpc) is 2.58. The lowest BCUT2D eigenvalue weighted by molar-refractivity contribution is 0.638. The highest BCUT2D eigenvalue weighted by Crippen LogP contribution is 2.22. The summed E-state index contributed by atoms with van der Waals surface area (Å²) >= 11 is 7.80. The second-order valence-corrected chi connectivity index (χ2v) is 6.82. The summed E-state index contributed by atoms with van der Waals surface area (Å²) in [4.78, 5) is 17.0. The normalized spacial score (nSPS) is 10.8. The van der Waals surface area contributed by atoms with Gasteiger partial charge in [0.1, 0.15) is 0 Å². The van der Waals surface area contributed by atoms with Crippen LogP contribution in [0.2, 0.25) is 5.02 Å². The Balaban J connectivity index is 1.90. The summed E-state index contributed by atoms with van der Waals surface area (Å²) in [5, 5.41) is 1.37. The number of hydrogen-bond donors (Lipinski definition) is 0. The maximum absolute atomic E-state index is 12.5. The van der Waals surface area contributed by atoms with Crippen LogP contribution in [-0.4, -0.2) is 9.55 Å². The van der Waals surface area contributed by atoms with Gasteiger partial charge in [0.25, 0.3) is 5.56 Å². The Labute approximate surface area is 150 Å². The minimum Gasteiger partial charge on any atom is -0.283 e. The van der Waals surface area contributed by atoms with Gasteiger partial charge in [-0.1, -0.05) is 71.9 Å². The molecule has 2 aromatic carbocycles. The van der Waals surface area contributed by atoms with Crippen molar-refractivity contribution in [3.05, 3.63) is 92.9 Å². The Morgan fingerprint density at radius 2 is 1.79 bits per heavy atom. The highest BCUT2D eigenvalue weighted by Gasteiger charge is 2.10. The minimum atomic E-state index is -0.0574. The number of rotatable bonds is 5. The molecule has 0 amide bonds. The zero-order valence-corrected chi connectivity index (χ0v) is 14.8. The van der Waals surface area contributed by atoms with E-state index in [9.17, 15) is 4.79 Å². The largest absolute Gasteiger partial charge is 0.283 e. The lowest BCUT2D eigenvalue weighted by atomic mass is 10.2.